The molecular formula is C22H24N4O. The van der Waals surface area contributed by atoms with Gasteiger partial charge in [0.2, 0.25) is 0 Å². The highest BCUT2D eigenvalue weighted by Gasteiger charge is 2.12. The lowest BCUT2D eigenvalue weighted by Gasteiger charge is -2.23. The number of para-hydroxylation sites is 1. The van der Waals surface area contributed by atoms with E-state index in [4.69, 9.17) is 9.84 Å². The second-order valence-corrected chi connectivity index (χ2v) is 6.57. The number of hydrogen-bond acceptors (Lipinski definition) is 4. The lowest BCUT2D eigenvalue weighted by atomic mass is 10.1. The molecule has 0 radical (unpaired) electrons. The van der Waals surface area contributed by atoms with Crippen LogP contribution < -0.4 is 0 Å². The van der Waals surface area contributed by atoms with Crippen LogP contribution in [0.3, 0.4) is 0 Å². The number of morpholine rings is 1. The Morgan fingerprint density at radius 1 is 1.04 bits per heavy atom. The Hall–Kier alpha value is -2.92. The van der Waals surface area contributed by atoms with Crippen molar-refractivity contribution >= 4 is 6.21 Å². The molecule has 0 aliphatic carbocycles. The molecule has 0 N–H and O–H groups in total. The highest BCUT2D eigenvalue weighted by atomic mass is 16.5. The Morgan fingerprint density at radius 3 is 2.48 bits per heavy atom. The Kier molecular flexibility index (Phi) is 5.30. The minimum absolute atomic E-state index is 0.728. The van der Waals surface area contributed by atoms with Gasteiger partial charge in [-0.3, -0.25) is 5.01 Å². The predicted molar refractivity (Wildman–Crippen MR) is 108 cm³/mol. The van der Waals surface area contributed by atoms with Gasteiger partial charge in [0.05, 0.1) is 38.2 Å². The largest absolute Gasteiger partial charge is 0.378 e. The maximum Gasteiger partial charge on any atom is 0.102 e. The zero-order valence-corrected chi connectivity index (χ0v) is 15.6. The molecule has 3 aromatic rings. The van der Waals surface area contributed by atoms with Crippen LogP contribution in [0.5, 0.6) is 0 Å². The molecule has 27 heavy (non-hydrogen) atoms. The van der Waals surface area contributed by atoms with Gasteiger partial charge in [0, 0.05) is 17.3 Å². The van der Waals surface area contributed by atoms with Crippen molar-refractivity contribution in [2.24, 2.45) is 5.10 Å². The summed E-state index contributed by atoms with van der Waals surface area (Å²) in [6, 6.07) is 18.8. The van der Waals surface area contributed by atoms with Crippen molar-refractivity contribution in [1.82, 2.24) is 14.8 Å². The molecule has 138 valence electrons. The van der Waals surface area contributed by atoms with Crippen LogP contribution in [0.15, 0.2) is 65.9 Å². The van der Waals surface area contributed by atoms with E-state index in [9.17, 15) is 0 Å². The van der Waals surface area contributed by atoms with Crippen LogP contribution in [-0.2, 0) is 11.2 Å². The van der Waals surface area contributed by atoms with E-state index in [2.05, 4.69) is 48.4 Å². The second-order valence-electron chi connectivity index (χ2n) is 6.57. The van der Waals surface area contributed by atoms with E-state index in [1.54, 1.807) is 0 Å². The molecule has 1 aliphatic heterocycles. The summed E-state index contributed by atoms with van der Waals surface area (Å²) in [5.74, 6) is 0. The van der Waals surface area contributed by atoms with Gasteiger partial charge in [-0.1, -0.05) is 49.4 Å². The topological polar surface area (TPSA) is 42.7 Å². The quantitative estimate of drug-likeness (QED) is 0.651. The zero-order chi connectivity index (χ0) is 18.5. The number of aryl methyl sites for hydroxylation is 1. The van der Waals surface area contributed by atoms with Gasteiger partial charge in [0.25, 0.3) is 0 Å². The highest BCUT2D eigenvalue weighted by molar-refractivity contribution is 5.88. The Labute approximate surface area is 159 Å². The number of rotatable bonds is 5. The van der Waals surface area contributed by atoms with E-state index >= 15 is 0 Å². The number of ether oxygens (including phenoxy) is 1. The molecule has 4 rings (SSSR count). The Balaban J connectivity index is 1.70. The number of benzene rings is 2. The molecule has 1 saturated heterocycles. The number of nitrogens with zero attached hydrogens (tertiary/aromatic N) is 4. The minimum atomic E-state index is 0.728. The summed E-state index contributed by atoms with van der Waals surface area (Å²) in [5.41, 5.74) is 5.41. The summed E-state index contributed by atoms with van der Waals surface area (Å²) >= 11 is 0. The van der Waals surface area contributed by atoms with Crippen molar-refractivity contribution in [3.8, 4) is 16.9 Å². The van der Waals surface area contributed by atoms with Crippen LogP contribution >= 0.6 is 0 Å². The molecule has 5 heteroatoms. The third-order valence-electron chi connectivity index (χ3n) is 4.75. The fourth-order valence-electron chi connectivity index (χ4n) is 3.13. The van der Waals surface area contributed by atoms with Crippen molar-refractivity contribution in [3.63, 3.8) is 0 Å². The molecule has 1 aromatic heterocycles. The van der Waals surface area contributed by atoms with Crippen LogP contribution in [0.1, 0.15) is 18.1 Å². The molecule has 0 unspecified atom stereocenters. The molecule has 1 aliphatic rings. The van der Waals surface area contributed by atoms with Crippen molar-refractivity contribution in [2.75, 3.05) is 26.3 Å². The second kappa shape index (κ2) is 8.18. The molecule has 0 bridgehead atoms. The molecule has 1 fully saturated rings. The smallest absolute Gasteiger partial charge is 0.102 e. The molecule has 5 nitrogen and oxygen atoms in total. The number of hydrazone groups is 1. The SMILES string of the molecule is CCc1ccc(-c2nn(-c3ccccc3)cc2/C=N\N2CCOCC2)cc1. The Morgan fingerprint density at radius 2 is 1.78 bits per heavy atom. The van der Waals surface area contributed by atoms with E-state index in [-0.39, 0.29) is 0 Å². The van der Waals surface area contributed by atoms with Crippen molar-refractivity contribution in [1.29, 1.82) is 0 Å². The van der Waals surface area contributed by atoms with Crippen LogP contribution in [0.2, 0.25) is 0 Å². The van der Waals surface area contributed by atoms with Gasteiger partial charge in [0.15, 0.2) is 0 Å². The summed E-state index contributed by atoms with van der Waals surface area (Å²) in [7, 11) is 0. The van der Waals surface area contributed by atoms with E-state index in [0.29, 0.717) is 0 Å². The first-order valence-corrected chi connectivity index (χ1v) is 9.44. The van der Waals surface area contributed by atoms with E-state index in [1.165, 1.54) is 5.56 Å². The summed E-state index contributed by atoms with van der Waals surface area (Å²) in [4.78, 5) is 0. The first kappa shape index (κ1) is 17.5. The molecule has 0 atom stereocenters. The van der Waals surface area contributed by atoms with Crippen LogP contribution in [0.25, 0.3) is 16.9 Å². The van der Waals surface area contributed by atoms with Crippen molar-refractivity contribution < 1.29 is 4.74 Å². The highest BCUT2D eigenvalue weighted by Crippen LogP contribution is 2.23. The maximum atomic E-state index is 5.40. The summed E-state index contributed by atoms with van der Waals surface area (Å²) < 4.78 is 7.32. The fraction of sp³-hybridized carbons (Fsp3) is 0.273. The van der Waals surface area contributed by atoms with Crippen molar-refractivity contribution in [3.05, 3.63) is 71.9 Å². The van der Waals surface area contributed by atoms with Gasteiger partial charge in [-0.05, 0) is 24.1 Å². The molecule has 0 amide bonds. The molecule has 2 aromatic carbocycles. The molecule has 0 spiro atoms. The third kappa shape index (κ3) is 4.09. The standard InChI is InChI=1S/C22H24N4O/c1-2-18-8-10-19(11-9-18)22-20(16-23-25-12-14-27-15-13-25)17-26(24-22)21-6-4-3-5-7-21/h3-11,16-17H,2,12-15H2,1H3/b23-16-. The summed E-state index contributed by atoms with van der Waals surface area (Å²) in [6.07, 6.45) is 4.99. The summed E-state index contributed by atoms with van der Waals surface area (Å²) in [6.45, 7) is 5.27. The van der Waals surface area contributed by atoms with E-state index in [1.807, 2.05) is 40.3 Å². The van der Waals surface area contributed by atoms with Gasteiger partial charge in [-0.25, -0.2) is 4.68 Å². The number of hydrogen-bond donors (Lipinski definition) is 0. The van der Waals surface area contributed by atoms with E-state index < -0.39 is 0 Å². The molecule has 2 heterocycles. The van der Waals surface area contributed by atoms with Gasteiger partial charge >= 0.3 is 0 Å². The van der Waals surface area contributed by atoms with Crippen LogP contribution in [0, 0.1) is 0 Å². The minimum Gasteiger partial charge on any atom is -0.378 e. The first-order chi connectivity index (χ1) is 13.3. The zero-order valence-electron chi connectivity index (χ0n) is 15.6. The lowest BCUT2D eigenvalue weighted by Crippen LogP contribution is -2.32. The lowest BCUT2D eigenvalue weighted by molar-refractivity contribution is 0.0397. The number of aromatic nitrogens is 2. The fourth-order valence-corrected chi connectivity index (χ4v) is 3.13. The molecule has 0 saturated carbocycles. The van der Waals surface area contributed by atoms with Crippen LogP contribution in [0.4, 0.5) is 0 Å². The van der Waals surface area contributed by atoms with Gasteiger partial charge in [-0.2, -0.15) is 10.2 Å². The predicted octanol–water partition coefficient (Wildman–Crippen LogP) is 3.77. The first-order valence-electron chi connectivity index (χ1n) is 9.44. The third-order valence-corrected chi connectivity index (χ3v) is 4.75. The van der Waals surface area contributed by atoms with E-state index in [0.717, 1.165) is 55.2 Å². The maximum absolute atomic E-state index is 5.40. The molecular weight excluding hydrogens is 336 g/mol. The summed E-state index contributed by atoms with van der Waals surface area (Å²) in [5, 5.41) is 11.6. The van der Waals surface area contributed by atoms with Crippen LogP contribution in [-0.4, -0.2) is 47.3 Å². The van der Waals surface area contributed by atoms with Gasteiger partial charge in [0.1, 0.15) is 5.69 Å². The average molecular weight is 360 g/mol. The van der Waals surface area contributed by atoms with Gasteiger partial charge < -0.3 is 4.74 Å². The Bertz CT molecular complexity index is 894. The monoisotopic (exact) mass is 360 g/mol. The van der Waals surface area contributed by atoms with Gasteiger partial charge in [-0.15, -0.1) is 0 Å². The van der Waals surface area contributed by atoms with Crippen molar-refractivity contribution in [2.45, 2.75) is 13.3 Å². The normalized spacial score (nSPS) is 14.8. The average Bonchev–Trinajstić information content (AvgIpc) is 3.18.